The lowest BCUT2D eigenvalue weighted by molar-refractivity contribution is 0.0203. The van der Waals surface area contributed by atoms with Crippen LogP contribution >= 0.6 is 15.9 Å². The number of halogens is 1. The van der Waals surface area contributed by atoms with Crippen LogP contribution in [0.4, 0.5) is 0 Å². The van der Waals surface area contributed by atoms with Gasteiger partial charge in [-0.3, -0.25) is 4.99 Å². The molecule has 0 spiro atoms. The summed E-state index contributed by atoms with van der Waals surface area (Å²) in [6.07, 6.45) is 3.23. The first-order valence-corrected chi connectivity index (χ1v) is 9.83. The van der Waals surface area contributed by atoms with Gasteiger partial charge in [0.15, 0.2) is 5.96 Å². The lowest BCUT2D eigenvalue weighted by Gasteiger charge is -2.21. The largest absolute Gasteiger partial charge is 0.381 e. The van der Waals surface area contributed by atoms with Crippen LogP contribution in [-0.2, 0) is 16.0 Å². The monoisotopic (exact) mass is 411 g/mol. The molecule has 2 rings (SSSR count). The van der Waals surface area contributed by atoms with Crippen LogP contribution in [0.5, 0.6) is 0 Å². The molecule has 5 nitrogen and oxygen atoms in total. The third-order valence-corrected chi connectivity index (χ3v) is 4.92. The fourth-order valence-electron chi connectivity index (χ4n) is 2.80. The van der Waals surface area contributed by atoms with Crippen LogP contribution in [0.25, 0.3) is 0 Å². The molecule has 2 N–H and O–H groups in total. The maximum absolute atomic E-state index is 5.78. The van der Waals surface area contributed by atoms with E-state index >= 15 is 0 Å². The van der Waals surface area contributed by atoms with Crippen molar-refractivity contribution in [2.75, 3.05) is 40.0 Å². The first-order valence-electron chi connectivity index (χ1n) is 9.04. The Hall–Kier alpha value is -1.11. The predicted octanol–water partition coefficient (Wildman–Crippen LogP) is 3.26. The SMILES string of the molecule is CN=C(NCCCOCC1CCOCC1)NCc1ccc(Br)cc1C. The zero-order chi connectivity index (χ0) is 17.9. The molecule has 6 heteroatoms. The number of aryl methyl sites for hydroxylation is 1. The van der Waals surface area contributed by atoms with Crippen molar-refractivity contribution >= 4 is 21.9 Å². The molecule has 0 aliphatic carbocycles. The number of rotatable bonds is 8. The number of aliphatic imine (C=N–C) groups is 1. The van der Waals surface area contributed by atoms with E-state index in [0.29, 0.717) is 5.92 Å². The van der Waals surface area contributed by atoms with Crippen LogP contribution < -0.4 is 10.6 Å². The maximum atomic E-state index is 5.78. The Labute approximate surface area is 159 Å². The van der Waals surface area contributed by atoms with E-state index < -0.39 is 0 Å². The molecule has 0 amide bonds. The van der Waals surface area contributed by atoms with Gasteiger partial charge in [0.25, 0.3) is 0 Å². The fraction of sp³-hybridized carbons (Fsp3) is 0.632. The van der Waals surface area contributed by atoms with Gasteiger partial charge in [-0.25, -0.2) is 0 Å². The van der Waals surface area contributed by atoms with Crippen molar-refractivity contribution in [3.05, 3.63) is 33.8 Å². The van der Waals surface area contributed by atoms with Crippen LogP contribution in [0.3, 0.4) is 0 Å². The van der Waals surface area contributed by atoms with Crippen LogP contribution in [0.2, 0.25) is 0 Å². The molecule has 1 aliphatic rings. The highest BCUT2D eigenvalue weighted by molar-refractivity contribution is 9.10. The average molecular weight is 412 g/mol. The molecule has 0 unspecified atom stereocenters. The Morgan fingerprint density at radius 3 is 2.84 bits per heavy atom. The summed E-state index contributed by atoms with van der Waals surface area (Å²) in [7, 11) is 1.80. The zero-order valence-electron chi connectivity index (χ0n) is 15.3. The molecule has 1 aliphatic heterocycles. The van der Waals surface area contributed by atoms with Crippen LogP contribution in [-0.4, -0.2) is 46.0 Å². The zero-order valence-corrected chi connectivity index (χ0v) is 16.9. The van der Waals surface area contributed by atoms with Gasteiger partial charge in [-0.2, -0.15) is 0 Å². The number of nitrogens with one attached hydrogen (secondary N) is 2. The molecule has 1 aromatic rings. The van der Waals surface area contributed by atoms with Crippen molar-refractivity contribution in [1.82, 2.24) is 10.6 Å². The fourth-order valence-corrected chi connectivity index (χ4v) is 3.28. The summed E-state index contributed by atoms with van der Waals surface area (Å²) in [5.74, 6) is 1.50. The minimum absolute atomic E-state index is 0.672. The summed E-state index contributed by atoms with van der Waals surface area (Å²) in [5, 5.41) is 6.70. The summed E-state index contributed by atoms with van der Waals surface area (Å²) < 4.78 is 12.3. The molecule has 0 bridgehead atoms. The summed E-state index contributed by atoms with van der Waals surface area (Å²) in [5.41, 5.74) is 2.53. The number of benzene rings is 1. The lowest BCUT2D eigenvalue weighted by atomic mass is 10.0. The van der Waals surface area contributed by atoms with Crippen molar-refractivity contribution in [1.29, 1.82) is 0 Å². The molecule has 1 saturated heterocycles. The van der Waals surface area contributed by atoms with E-state index in [4.69, 9.17) is 9.47 Å². The Morgan fingerprint density at radius 1 is 1.32 bits per heavy atom. The van der Waals surface area contributed by atoms with E-state index in [2.05, 4.69) is 56.7 Å². The summed E-state index contributed by atoms with van der Waals surface area (Å²) in [6.45, 7) is 7.15. The quantitative estimate of drug-likeness (QED) is 0.391. The minimum atomic E-state index is 0.672. The van der Waals surface area contributed by atoms with Gasteiger partial charge in [-0.1, -0.05) is 22.0 Å². The highest BCUT2D eigenvalue weighted by Gasteiger charge is 2.13. The summed E-state index contributed by atoms with van der Waals surface area (Å²) >= 11 is 3.50. The number of nitrogens with zero attached hydrogens (tertiary/aromatic N) is 1. The molecule has 25 heavy (non-hydrogen) atoms. The average Bonchev–Trinajstić information content (AvgIpc) is 2.62. The molecule has 0 radical (unpaired) electrons. The smallest absolute Gasteiger partial charge is 0.191 e. The topological polar surface area (TPSA) is 54.9 Å². The van der Waals surface area contributed by atoms with Gasteiger partial charge >= 0.3 is 0 Å². The molecule has 0 aromatic heterocycles. The van der Waals surface area contributed by atoms with Crippen molar-refractivity contribution in [2.45, 2.75) is 32.7 Å². The molecule has 1 aromatic carbocycles. The molecular weight excluding hydrogens is 382 g/mol. The Kier molecular flexibility index (Phi) is 9.29. The highest BCUT2D eigenvalue weighted by Crippen LogP contribution is 2.16. The predicted molar refractivity (Wildman–Crippen MR) is 106 cm³/mol. The highest BCUT2D eigenvalue weighted by atomic mass is 79.9. The van der Waals surface area contributed by atoms with Crippen molar-refractivity contribution in [3.63, 3.8) is 0 Å². The van der Waals surface area contributed by atoms with Crippen LogP contribution in [0, 0.1) is 12.8 Å². The second kappa shape index (κ2) is 11.5. The van der Waals surface area contributed by atoms with Crippen molar-refractivity contribution < 1.29 is 9.47 Å². The molecule has 140 valence electrons. The Balaban J connectivity index is 1.57. The van der Waals surface area contributed by atoms with Crippen LogP contribution in [0.1, 0.15) is 30.4 Å². The van der Waals surface area contributed by atoms with Gasteiger partial charge in [-0.15, -0.1) is 0 Å². The van der Waals surface area contributed by atoms with E-state index in [1.165, 1.54) is 11.1 Å². The first kappa shape index (κ1) is 20.2. The summed E-state index contributed by atoms with van der Waals surface area (Å²) in [4.78, 5) is 4.27. The number of hydrogen-bond donors (Lipinski definition) is 2. The third-order valence-electron chi connectivity index (χ3n) is 4.43. The van der Waals surface area contributed by atoms with Crippen LogP contribution in [0.15, 0.2) is 27.7 Å². The second-order valence-electron chi connectivity index (χ2n) is 6.41. The van der Waals surface area contributed by atoms with Gasteiger partial charge in [0.05, 0.1) is 0 Å². The normalized spacial score (nSPS) is 16.0. The van der Waals surface area contributed by atoms with Crippen molar-refractivity contribution in [3.8, 4) is 0 Å². The van der Waals surface area contributed by atoms with Gasteiger partial charge in [0, 0.05) is 51.0 Å². The van der Waals surface area contributed by atoms with E-state index in [1.807, 2.05) is 0 Å². The van der Waals surface area contributed by atoms with E-state index in [9.17, 15) is 0 Å². The number of guanidine groups is 1. The molecular formula is C19H30BrN3O2. The third kappa shape index (κ3) is 7.75. The summed E-state index contributed by atoms with van der Waals surface area (Å²) in [6, 6.07) is 6.32. The lowest BCUT2D eigenvalue weighted by Crippen LogP contribution is -2.37. The standard InChI is InChI=1S/C19H30BrN3O2/c1-15-12-18(20)5-4-17(15)13-23-19(21-2)22-8-3-9-25-14-16-6-10-24-11-7-16/h4-5,12,16H,3,6-11,13-14H2,1-2H3,(H2,21,22,23). The van der Waals surface area contributed by atoms with Gasteiger partial charge in [0.1, 0.15) is 0 Å². The Bertz CT molecular complexity index is 545. The van der Waals surface area contributed by atoms with E-state index in [-0.39, 0.29) is 0 Å². The molecule has 0 atom stereocenters. The molecule has 1 heterocycles. The number of hydrogen-bond acceptors (Lipinski definition) is 3. The maximum Gasteiger partial charge on any atom is 0.191 e. The first-order chi connectivity index (χ1) is 12.2. The Morgan fingerprint density at radius 2 is 2.12 bits per heavy atom. The minimum Gasteiger partial charge on any atom is -0.381 e. The molecule has 1 fully saturated rings. The van der Waals surface area contributed by atoms with Crippen molar-refractivity contribution in [2.24, 2.45) is 10.9 Å². The van der Waals surface area contributed by atoms with Gasteiger partial charge in [-0.05, 0) is 55.4 Å². The molecule has 0 saturated carbocycles. The van der Waals surface area contributed by atoms with E-state index in [1.54, 1.807) is 7.05 Å². The van der Waals surface area contributed by atoms with Gasteiger partial charge in [0.2, 0.25) is 0 Å². The van der Waals surface area contributed by atoms with Gasteiger partial charge < -0.3 is 20.1 Å². The number of ether oxygens (including phenoxy) is 2. The van der Waals surface area contributed by atoms with E-state index in [0.717, 1.165) is 69.2 Å². The second-order valence-corrected chi connectivity index (χ2v) is 7.32.